The van der Waals surface area contributed by atoms with Crippen LogP contribution in [0.25, 0.3) is 0 Å². The summed E-state index contributed by atoms with van der Waals surface area (Å²) in [5, 5.41) is 13.3. The Morgan fingerprint density at radius 1 is 1.06 bits per heavy atom. The maximum absolute atomic E-state index is 11.5. The van der Waals surface area contributed by atoms with Gasteiger partial charge in [-0.05, 0) is 72.1 Å². The van der Waals surface area contributed by atoms with E-state index in [0.717, 1.165) is 42.9 Å². The van der Waals surface area contributed by atoms with Crippen LogP contribution in [0.4, 0.5) is 0 Å². The van der Waals surface area contributed by atoms with Crippen molar-refractivity contribution in [2.45, 2.75) is 31.7 Å². The van der Waals surface area contributed by atoms with Gasteiger partial charge < -0.3 is 20.1 Å². The number of thiocarbonyl (C=S) groups is 1. The average molecular weight is 489 g/mol. The monoisotopic (exact) mass is 488 g/mol. The Bertz CT molecular complexity index is 1100. The van der Waals surface area contributed by atoms with Gasteiger partial charge in [0, 0.05) is 13.6 Å². The number of rotatable bonds is 8. The van der Waals surface area contributed by atoms with Crippen LogP contribution in [0, 0.1) is 5.92 Å². The lowest BCUT2D eigenvalue weighted by Crippen LogP contribution is -2.40. The summed E-state index contributed by atoms with van der Waals surface area (Å²) in [6.07, 6.45) is 3.88. The number of nitrogens with zero attached hydrogens (tertiary/aromatic N) is 1. The first-order chi connectivity index (χ1) is 17.0. The van der Waals surface area contributed by atoms with E-state index in [2.05, 4.69) is 64.8 Å². The van der Waals surface area contributed by atoms with E-state index in [1.54, 1.807) is 6.07 Å². The van der Waals surface area contributed by atoms with Gasteiger partial charge in [0.05, 0.1) is 6.04 Å². The highest BCUT2D eigenvalue weighted by Crippen LogP contribution is 2.33. The first-order valence-corrected chi connectivity index (χ1v) is 12.5. The van der Waals surface area contributed by atoms with E-state index in [1.807, 2.05) is 25.2 Å². The quantitative estimate of drug-likeness (QED) is 0.273. The van der Waals surface area contributed by atoms with E-state index >= 15 is 0 Å². The molecule has 0 heterocycles. The summed E-state index contributed by atoms with van der Waals surface area (Å²) in [7, 11) is 2.05. The molecule has 4 rings (SSSR count). The second-order valence-electron chi connectivity index (χ2n) is 9.05. The number of carbonyl (C=O) groups excluding carboxylic acids is 1. The Kier molecular flexibility index (Phi) is 8.50. The number of hydrogen-bond acceptors (Lipinski definition) is 4. The van der Waals surface area contributed by atoms with Crippen LogP contribution in [-0.2, 0) is 17.6 Å². The highest BCUT2D eigenvalue weighted by molar-refractivity contribution is 7.80. The van der Waals surface area contributed by atoms with E-state index in [1.165, 1.54) is 16.7 Å². The van der Waals surface area contributed by atoms with Crippen LogP contribution in [0.5, 0.6) is 5.75 Å². The summed E-state index contributed by atoms with van der Waals surface area (Å²) in [5.74, 6) is 0.499. The molecule has 1 unspecified atom stereocenters. The van der Waals surface area contributed by atoms with Crippen molar-refractivity contribution in [3.05, 3.63) is 101 Å². The zero-order chi connectivity index (χ0) is 24.6. The van der Waals surface area contributed by atoms with E-state index in [9.17, 15) is 4.79 Å². The molecule has 0 spiro atoms. The van der Waals surface area contributed by atoms with Gasteiger partial charge in [-0.15, -0.1) is 0 Å². The minimum atomic E-state index is -0.618. The molecule has 0 aliphatic heterocycles. The number of aliphatic hydroxyl groups is 1. The fourth-order valence-electron chi connectivity index (χ4n) is 4.71. The Morgan fingerprint density at radius 2 is 1.71 bits per heavy atom. The number of carbonyl (C=O) groups is 1. The SMILES string of the molecule is CN(CCC1CCc2c(cccc2OC(=O)CO)C1)C(=S)NC(c1ccccc1)c1ccccc1. The van der Waals surface area contributed by atoms with Gasteiger partial charge >= 0.3 is 5.97 Å². The fraction of sp³-hybridized carbons (Fsp3) is 0.310. The topological polar surface area (TPSA) is 61.8 Å². The van der Waals surface area contributed by atoms with Crippen molar-refractivity contribution in [1.82, 2.24) is 10.2 Å². The van der Waals surface area contributed by atoms with Crippen molar-refractivity contribution < 1.29 is 14.6 Å². The van der Waals surface area contributed by atoms with Gasteiger partial charge in [-0.2, -0.15) is 0 Å². The van der Waals surface area contributed by atoms with Crippen LogP contribution in [0.3, 0.4) is 0 Å². The molecule has 0 aromatic heterocycles. The molecule has 5 nitrogen and oxygen atoms in total. The van der Waals surface area contributed by atoms with Crippen LogP contribution in [-0.4, -0.2) is 41.3 Å². The van der Waals surface area contributed by atoms with Crippen molar-refractivity contribution in [2.24, 2.45) is 5.92 Å². The van der Waals surface area contributed by atoms with Crippen molar-refractivity contribution in [2.75, 3.05) is 20.2 Å². The molecule has 0 saturated carbocycles. The van der Waals surface area contributed by atoms with Crippen molar-refractivity contribution in [3.8, 4) is 5.75 Å². The maximum Gasteiger partial charge on any atom is 0.337 e. The molecule has 3 aromatic rings. The lowest BCUT2D eigenvalue weighted by molar-refractivity contribution is -0.137. The second-order valence-corrected chi connectivity index (χ2v) is 9.44. The van der Waals surface area contributed by atoms with Gasteiger partial charge in [0.2, 0.25) is 0 Å². The summed E-state index contributed by atoms with van der Waals surface area (Å²) in [6, 6.07) is 26.6. The predicted octanol–water partition coefficient (Wildman–Crippen LogP) is 4.68. The lowest BCUT2D eigenvalue weighted by Gasteiger charge is -2.30. The van der Waals surface area contributed by atoms with Crippen LogP contribution >= 0.6 is 12.2 Å². The third kappa shape index (κ3) is 6.47. The van der Waals surface area contributed by atoms with Gasteiger partial charge in [-0.1, -0.05) is 72.8 Å². The molecule has 0 bridgehead atoms. The molecular formula is C29H32N2O3S. The van der Waals surface area contributed by atoms with Gasteiger partial charge in [0.1, 0.15) is 12.4 Å². The Hall–Kier alpha value is -3.22. The van der Waals surface area contributed by atoms with Crippen molar-refractivity contribution in [1.29, 1.82) is 0 Å². The molecular weight excluding hydrogens is 456 g/mol. The molecule has 3 aromatic carbocycles. The molecule has 2 N–H and O–H groups in total. The minimum absolute atomic E-state index is 0.00559. The summed E-state index contributed by atoms with van der Waals surface area (Å²) in [5.41, 5.74) is 4.66. The van der Waals surface area contributed by atoms with E-state index in [0.29, 0.717) is 11.7 Å². The maximum atomic E-state index is 11.5. The number of aliphatic hydroxyl groups excluding tert-OH is 1. The first kappa shape index (κ1) is 24.9. The zero-order valence-corrected chi connectivity index (χ0v) is 20.8. The van der Waals surface area contributed by atoms with E-state index < -0.39 is 12.6 Å². The number of esters is 1. The number of benzene rings is 3. The summed E-state index contributed by atoms with van der Waals surface area (Å²) < 4.78 is 5.31. The number of fused-ring (bicyclic) bond motifs is 1. The lowest BCUT2D eigenvalue weighted by atomic mass is 9.82. The largest absolute Gasteiger partial charge is 0.425 e. The van der Waals surface area contributed by atoms with Crippen LogP contribution in [0.15, 0.2) is 78.9 Å². The minimum Gasteiger partial charge on any atom is -0.425 e. The molecule has 35 heavy (non-hydrogen) atoms. The van der Waals surface area contributed by atoms with Crippen molar-refractivity contribution in [3.63, 3.8) is 0 Å². The van der Waals surface area contributed by atoms with Crippen molar-refractivity contribution >= 4 is 23.3 Å². The van der Waals surface area contributed by atoms with E-state index in [-0.39, 0.29) is 6.04 Å². The predicted molar refractivity (Wildman–Crippen MR) is 142 cm³/mol. The summed E-state index contributed by atoms with van der Waals surface area (Å²) >= 11 is 5.80. The van der Waals surface area contributed by atoms with Crippen LogP contribution in [0.1, 0.15) is 41.1 Å². The summed E-state index contributed by atoms with van der Waals surface area (Å²) in [6.45, 7) is 0.253. The molecule has 0 radical (unpaired) electrons. The van der Waals surface area contributed by atoms with Crippen LogP contribution < -0.4 is 10.1 Å². The Labute approximate surface area is 212 Å². The molecule has 6 heteroatoms. The standard InChI is InChI=1S/C29H32N2O3S/c1-31(29(35)30-28(22-9-4-2-5-10-22)23-11-6-3-7-12-23)18-17-21-15-16-25-24(19-21)13-8-14-26(25)34-27(33)20-32/h2-14,21,28,32H,15-20H2,1H3,(H,30,35). The molecule has 1 aliphatic carbocycles. The van der Waals surface area contributed by atoms with Crippen LogP contribution in [0.2, 0.25) is 0 Å². The Morgan fingerprint density at radius 3 is 2.34 bits per heavy atom. The molecule has 0 amide bonds. The number of hydrogen-bond donors (Lipinski definition) is 2. The third-order valence-electron chi connectivity index (χ3n) is 6.65. The third-order valence-corrected chi connectivity index (χ3v) is 7.08. The first-order valence-electron chi connectivity index (χ1n) is 12.1. The molecule has 1 atom stereocenters. The van der Waals surface area contributed by atoms with Gasteiger partial charge in [0.15, 0.2) is 5.11 Å². The molecule has 1 aliphatic rings. The Balaban J connectivity index is 1.35. The molecule has 0 fully saturated rings. The van der Waals surface area contributed by atoms with Gasteiger partial charge in [0.25, 0.3) is 0 Å². The van der Waals surface area contributed by atoms with Gasteiger partial charge in [-0.25, -0.2) is 4.79 Å². The zero-order valence-electron chi connectivity index (χ0n) is 20.0. The number of nitrogens with one attached hydrogen (secondary N) is 1. The normalized spacial score (nSPS) is 14.8. The second kappa shape index (κ2) is 12.0. The number of ether oxygens (including phenoxy) is 1. The fourth-order valence-corrected chi connectivity index (χ4v) is 4.92. The summed E-state index contributed by atoms with van der Waals surface area (Å²) in [4.78, 5) is 13.7. The van der Waals surface area contributed by atoms with E-state index in [4.69, 9.17) is 22.1 Å². The van der Waals surface area contributed by atoms with Gasteiger partial charge in [-0.3, -0.25) is 0 Å². The average Bonchev–Trinajstić information content (AvgIpc) is 2.91. The molecule has 182 valence electrons. The smallest absolute Gasteiger partial charge is 0.337 e. The highest BCUT2D eigenvalue weighted by atomic mass is 32.1. The highest BCUT2D eigenvalue weighted by Gasteiger charge is 2.23. The molecule has 0 saturated heterocycles.